The van der Waals surface area contributed by atoms with Gasteiger partial charge < -0.3 is 20.1 Å². The van der Waals surface area contributed by atoms with Crippen LogP contribution in [0, 0.1) is 20.8 Å². The standard InChI is InChI=1S/C22H33N5O2.HI/c1-16-6-7-19(21(12-16)29-20-8-11-28-15-20)14-25-22(23-4)24-9-5-10-27-18(3)13-17(2)26-27;/h6-7,12-13,20H,5,8-11,14-15H2,1-4H3,(H2,23,24,25);1H. The lowest BCUT2D eigenvalue weighted by Gasteiger charge is -2.18. The Bertz CT molecular complexity index is 831. The number of halogens is 1. The number of guanidine groups is 1. The Hall–Kier alpha value is -1.81. The molecule has 0 aliphatic carbocycles. The molecule has 7 nitrogen and oxygen atoms in total. The zero-order valence-electron chi connectivity index (χ0n) is 18.4. The highest BCUT2D eigenvalue weighted by Gasteiger charge is 2.18. The molecule has 1 atom stereocenters. The molecule has 0 radical (unpaired) electrons. The quantitative estimate of drug-likeness (QED) is 0.239. The van der Waals surface area contributed by atoms with E-state index in [4.69, 9.17) is 9.47 Å². The molecule has 3 rings (SSSR count). The number of ether oxygens (including phenoxy) is 2. The zero-order valence-corrected chi connectivity index (χ0v) is 20.7. The number of hydrogen-bond donors (Lipinski definition) is 2. The lowest BCUT2D eigenvalue weighted by atomic mass is 10.1. The molecule has 1 aromatic heterocycles. The van der Waals surface area contributed by atoms with Gasteiger partial charge in [0.2, 0.25) is 0 Å². The molecule has 1 aliphatic rings. The van der Waals surface area contributed by atoms with Crippen LogP contribution in [-0.4, -0.2) is 48.7 Å². The van der Waals surface area contributed by atoms with Crippen LogP contribution < -0.4 is 15.4 Å². The molecule has 8 heteroatoms. The van der Waals surface area contributed by atoms with Crippen molar-refractivity contribution in [1.82, 2.24) is 20.4 Å². The van der Waals surface area contributed by atoms with Gasteiger partial charge in [0.05, 0.1) is 18.9 Å². The SMILES string of the molecule is CN=C(NCCCn1nc(C)cc1C)NCc1ccc(C)cc1OC1CCOC1.I. The molecule has 1 aliphatic heterocycles. The highest BCUT2D eigenvalue weighted by Crippen LogP contribution is 2.23. The second-order valence-corrected chi connectivity index (χ2v) is 7.57. The minimum Gasteiger partial charge on any atom is -0.488 e. The van der Waals surface area contributed by atoms with E-state index in [1.807, 2.05) is 6.92 Å². The molecule has 2 aromatic rings. The molecule has 0 spiro atoms. The molecule has 166 valence electrons. The van der Waals surface area contributed by atoms with E-state index in [9.17, 15) is 0 Å². The molecule has 30 heavy (non-hydrogen) atoms. The van der Waals surface area contributed by atoms with Gasteiger partial charge in [0.15, 0.2) is 5.96 Å². The summed E-state index contributed by atoms with van der Waals surface area (Å²) in [4.78, 5) is 4.33. The molecule has 0 amide bonds. The first kappa shape index (κ1) is 24.5. The highest BCUT2D eigenvalue weighted by atomic mass is 127. The highest BCUT2D eigenvalue weighted by molar-refractivity contribution is 14.0. The molecular weight excluding hydrogens is 493 g/mol. The minimum absolute atomic E-state index is 0. The molecule has 1 fully saturated rings. The van der Waals surface area contributed by atoms with Gasteiger partial charge in [0.1, 0.15) is 11.9 Å². The number of nitrogens with one attached hydrogen (secondary N) is 2. The number of benzene rings is 1. The minimum atomic E-state index is 0. The fourth-order valence-electron chi connectivity index (χ4n) is 3.44. The Morgan fingerprint density at radius 2 is 2.10 bits per heavy atom. The second kappa shape index (κ2) is 12.1. The Balaban J connectivity index is 0.00000320. The number of nitrogens with zero attached hydrogens (tertiary/aromatic N) is 3. The third-order valence-electron chi connectivity index (χ3n) is 5.02. The molecule has 2 N–H and O–H groups in total. The molecule has 2 heterocycles. The maximum absolute atomic E-state index is 6.18. The van der Waals surface area contributed by atoms with Gasteiger partial charge in [-0.1, -0.05) is 12.1 Å². The van der Waals surface area contributed by atoms with Crippen LogP contribution in [0.4, 0.5) is 0 Å². The third kappa shape index (κ3) is 7.16. The fraction of sp³-hybridized carbons (Fsp3) is 0.545. The van der Waals surface area contributed by atoms with E-state index in [0.29, 0.717) is 13.2 Å². The molecule has 1 unspecified atom stereocenters. The van der Waals surface area contributed by atoms with E-state index in [-0.39, 0.29) is 30.1 Å². The molecule has 1 saturated heterocycles. The summed E-state index contributed by atoms with van der Waals surface area (Å²) in [5, 5.41) is 11.3. The first-order chi connectivity index (χ1) is 14.0. The van der Waals surface area contributed by atoms with Crippen molar-refractivity contribution >= 4 is 29.9 Å². The van der Waals surface area contributed by atoms with E-state index in [1.165, 1.54) is 11.3 Å². The fourth-order valence-corrected chi connectivity index (χ4v) is 3.44. The maximum atomic E-state index is 6.18. The van der Waals surface area contributed by atoms with E-state index < -0.39 is 0 Å². The van der Waals surface area contributed by atoms with Crippen LogP contribution in [-0.2, 0) is 17.8 Å². The van der Waals surface area contributed by atoms with Crippen molar-refractivity contribution in [3.63, 3.8) is 0 Å². The van der Waals surface area contributed by atoms with Crippen molar-refractivity contribution in [2.24, 2.45) is 4.99 Å². The number of aromatic nitrogens is 2. The van der Waals surface area contributed by atoms with Crippen LogP contribution in [0.2, 0.25) is 0 Å². The van der Waals surface area contributed by atoms with Crippen LogP contribution in [0.25, 0.3) is 0 Å². The van der Waals surface area contributed by atoms with E-state index in [0.717, 1.165) is 55.5 Å². The summed E-state index contributed by atoms with van der Waals surface area (Å²) in [6.45, 7) is 10.0. The van der Waals surface area contributed by atoms with Crippen molar-refractivity contribution in [2.45, 2.75) is 52.8 Å². The summed E-state index contributed by atoms with van der Waals surface area (Å²) in [5.41, 5.74) is 4.57. The summed E-state index contributed by atoms with van der Waals surface area (Å²) < 4.78 is 13.7. The Labute approximate surface area is 196 Å². The normalized spacial score (nSPS) is 16.3. The smallest absolute Gasteiger partial charge is 0.191 e. The second-order valence-electron chi connectivity index (χ2n) is 7.57. The lowest BCUT2D eigenvalue weighted by Crippen LogP contribution is -2.37. The maximum Gasteiger partial charge on any atom is 0.191 e. The van der Waals surface area contributed by atoms with Gasteiger partial charge in [-0.05, 0) is 44.9 Å². The first-order valence-electron chi connectivity index (χ1n) is 10.3. The van der Waals surface area contributed by atoms with E-state index >= 15 is 0 Å². The Kier molecular flexibility index (Phi) is 9.90. The first-order valence-corrected chi connectivity index (χ1v) is 10.3. The topological polar surface area (TPSA) is 72.7 Å². The van der Waals surface area contributed by atoms with Gasteiger partial charge >= 0.3 is 0 Å². The monoisotopic (exact) mass is 527 g/mol. The Morgan fingerprint density at radius 1 is 1.27 bits per heavy atom. The summed E-state index contributed by atoms with van der Waals surface area (Å²) in [7, 11) is 1.79. The Morgan fingerprint density at radius 3 is 2.77 bits per heavy atom. The largest absolute Gasteiger partial charge is 0.488 e. The van der Waals surface area contributed by atoms with Gasteiger partial charge in [0.25, 0.3) is 0 Å². The van der Waals surface area contributed by atoms with Gasteiger partial charge in [-0.25, -0.2) is 0 Å². The van der Waals surface area contributed by atoms with Crippen molar-refractivity contribution in [2.75, 3.05) is 26.8 Å². The van der Waals surface area contributed by atoms with Gasteiger partial charge in [-0.2, -0.15) is 5.10 Å². The van der Waals surface area contributed by atoms with E-state index in [1.54, 1.807) is 7.05 Å². The number of aliphatic imine (C=N–C) groups is 1. The van der Waals surface area contributed by atoms with Crippen LogP contribution in [0.3, 0.4) is 0 Å². The zero-order chi connectivity index (χ0) is 20.6. The van der Waals surface area contributed by atoms with Crippen LogP contribution in [0.5, 0.6) is 5.75 Å². The average molecular weight is 527 g/mol. The van der Waals surface area contributed by atoms with Gasteiger partial charge in [0, 0.05) is 44.4 Å². The predicted molar refractivity (Wildman–Crippen MR) is 131 cm³/mol. The summed E-state index contributed by atoms with van der Waals surface area (Å²) in [6.07, 6.45) is 2.06. The number of rotatable bonds is 8. The molecular formula is C22H34IN5O2. The van der Waals surface area contributed by atoms with Crippen LogP contribution in [0.15, 0.2) is 29.3 Å². The van der Waals surface area contributed by atoms with Crippen molar-refractivity contribution in [3.05, 3.63) is 46.8 Å². The molecule has 0 bridgehead atoms. The summed E-state index contributed by atoms with van der Waals surface area (Å²) in [5.74, 6) is 1.71. The predicted octanol–water partition coefficient (Wildman–Crippen LogP) is 3.35. The van der Waals surface area contributed by atoms with Crippen molar-refractivity contribution < 1.29 is 9.47 Å². The van der Waals surface area contributed by atoms with Crippen molar-refractivity contribution in [1.29, 1.82) is 0 Å². The summed E-state index contributed by atoms with van der Waals surface area (Å²) >= 11 is 0. The van der Waals surface area contributed by atoms with E-state index in [2.05, 4.69) is 63.5 Å². The van der Waals surface area contributed by atoms with Gasteiger partial charge in [-0.3, -0.25) is 9.67 Å². The molecule has 1 aromatic carbocycles. The van der Waals surface area contributed by atoms with Gasteiger partial charge in [-0.15, -0.1) is 24.0 Å². The lowest BCUT2D eigenvalue weighted by molar-refractivity contribution is 0.140. The van der Waals surface area contributed by atoms with Crippen molar-refractivity contribution in [3.8, 4) is 5.75 Å². The number of aryl methyl sites for hydroxylation is 4. The average Bonchev–Trinajstić information content (AvgIpc) is 3.31. The molecule has 0 saturated carbocycles. The van der Waals surface area contributed by atoms with Crippen LogP contribution >= 0.6 is 24.0 Å². The van der Waals surface area contributed by atoms with Crippen LogP contribution in [0.1, 0.15) is 35.4 Å². The third-order valence-corrected chi connectivity index (χ3v) is 5.02. The summed E-state index contributed by atoms with van der Waals surface area (Å²) in [6, 6.07) is 8.43. The number of hydrogen-bond acceptors (Lipinski definition) is 4.